The number of aryl methyl sites for hydroxylation is 1. The first kappa shape index (κ1) is 11.7. The molecule has 17 heavy (non-hydrogen) atoms. The van der Waals surface area contributed by atoms with Gasteiger partial charge in [0.2, 0.25) is 11.7 Å². The first-order chi connectivity index (χ1) is 8.04. The number of pyridine rings is 1. The largest absolute Gasteiger partial charge is 0.337 e. The van der Waals surface area contributed by atoms with E-state index in [-0.39, 0.29) is 5.54 Å². The standard InChI is InChI=1S/C12H16N4O/c1-8-6-5-7-14-9(8)10-15-11(17-16-10)12(2,3)13-4/h5-7,13H,1-4H3. The maximum atomic E-state index is 5.27. The normalized spacial score (nSPS) is 11.8. The van der Waals surface area contributed by atoms with E-state index in [1.54, 1.807) is 6.20 Å². The molecule has 0 atom stereocenters. The maximum absolute atomic E-state index is 5.27. The van der Waals surface area contributed by atoms with E-state index in [1.807, 2.05) is 40.0 Å². The van der Waals surface area contributed by atoms with Crippen molar-refractivity contribution in [2.24, 2.45) is 0 Å². The minimum absolute atomic E-state index is 0.339. The second-order valence-corrected chi connectivity index (χ2v) is 4.47. The summed E-state index contributed by atoms with van der Waals surface area (Å²) in [7, 11) is 1.86. The number of aromatic nitrogens is 3. The van der Waals surface area contributed by atoms with Crippen LogP contribution in [0.3, 0.4) is 0 Å². The summed E-state index contributed by atoms with van der Waals surface area (Å²) in [5.74, 6) is 1.08. The van der Waals surface area contributed by atoms with Crippen LogP contribution in [0.4, 0.5) is 0 Å². The third-order valence-corrected chi connectivity index (χ3v) is 2.81. The Kier molecular flexibility index (Phi) is 2.93. The molecular weight excluding hydrogens is 216 g/mol. The molecule has 0 spiro atoms. The van der Waals surface area contributed by atoms with Crippen LogP contribution in [0.5, 0.6) is 0 Å². The quantitative estimate of drug-likeness (QED) is 0.875. The zero-order chi connectivity index (χ0) is 12.5. The highest BCUT2D eigenvalue weighted by atomic mass is 16.5. The van der Waals surface area contributed by atoms with Gasteiger partial charge in [-0.2, -0.15) is 4.98 Å². The van der Waals surface area contributed by atoms with Crippen molar-refractivity contribution in [2.45, 2.75) is 26.3 Å². The van der Waals surface area contributed by atoms with E-state index in [0.717, 1.165) is 11.3 Å². The summed E-state index contributed by atoms with van der Waals surface area (Å²) in [6.07, 6.45) is 1.72. The average molecular weight is 232 g/mol. The van der Waals surface area contributed by atoms with E-state index in [4.69, 9.17) is 4.52 Å². The molecule has 0 bridgehead atoms. The molecule has 0 aliphatic rings. The van der Waals surface area contributed by atoms with E-state index < -0.39 is 0 Å². The molecule has 5 heteroatoms. The molecule has 0 aliphatic carbocycles. The summed E-state index contributed by atoms with van der Waals surface area (Å²) < 4.78 is 5.27. The molecule has 0 unspecified atom stereocenters. The van der Waals surface area contributed by atoms with Gasteiger partial charge in [-0.1, -0.05) is 11.2 Å². The summed E-state index contributed by atoms with van der Waals surface area (Å²) in [5.41, 5.74) is 1.45. The summed E-state index contributed by atoms with van der Waals surface area (Å²) in [5, 5.41) is 7.09. The molecular formula is C12H16N4O. The molecule has 0 aliphatic heterocycles. The summed E-state index contributed by atoms with van der Waals surface area (Å²) >= 11 is 0. The van der Waals surface area contributed by atoms with Crippen LogP contribution in [0.15, 0.2) is 22.9 Å². The van der Waals surface area contributed by atoms with Crippen LogP contribution in [0.1, 0.15) is 25.3 Å². The van der Waals surface area contributed by atoms with Gasteiger partial charge in [0.05, 0.1) is 5.54 Å². The van der Waals surface area contributed by atoms with E-state index >= 15 is 0 Å². The number of hydrogen-bond donors (Lipinski definition) is 1. The molecule has 2 rings (SSSR count). The van der Waals surface area contributed by atoms with E-state index in [0.29, 0.717) is 11.7 Å². The topological polar surface area (TPSA) is 63.8 Å². The van der Waals surface area contributed by atoms with Crippen LogP contribution in [-0.2, 0) is 5.54 Å². The highest BCUT2D eigenvalue weighted by Crippen LogP contribution is 2.22. The van der Waals surface area contributed by atoms with Crippen LogP contribution >= 0.6 is 0 Å². The molecule has 1 N–H and O–H groups in total. The lowest BCUT2D eigenvalue weighted by molar-refractivity contribution is 0.281. The Morgan fingerprint density at radius 1 is 1.35 bits per heavy atom. The van der Waals surface area contributed by atoms with Gasteiger partial charge in [0.15, 0.2) is 0 Å². The van der Waals surface area contributed by atoms with Gasteiger partial charge in [0, 0.05) is 6.20 Å². The molecule has 0 radical (unpaired) electrons. The number of nitrogens with zero attached hydrogens (tertiary/aromatic N) is 3. The molecule has 0 amide bonds. The Morgan fingerprint density at radius 3 is 2.76 bits per heavy atom. The van der Waals surface area contributed by atoms with Crippen molar-refractivity contribution in [3.8, 4) is 11.5 Å². The fourth-order valence-electron chi connectivity index (χ4n) is 1.40. The molecule has 90 valence electrons. The minimum atomic E-state index is -0.339. The van der Waals surface area contributed by atoms with Crippen LogP contribution in [0.2, 0.25) is 0 Å². The van der Waals surface area contributed by atoms with Gasteiger partial charge >= 0.3 is 0 Å². The Morgan fingerprint density at radius 2 is 2.12 bits per heavy atom. The van der Waals surface area contributed by atoms with Gasteiger partial charge in [0.1, 0.15) is 5.69 Å². The summed E-state index contributed by atoms with van der Waals surface area (Å²) in [6, 6.07) is 3.86. The van der Waals surface area contributed by atoms with Crippen LogP contribution in [0.25, 0.3) is 11.5 Å². The predicted octanol–water partition coefficient (Wildman–Crippen LogP) is 1.89. The maximum Gasteiger partial charge on any atom is 0.246 e. The lowest BCUT2D eigenvalue weighted by Crippen LogP contribution is -2.33. The highest BCUT2D eigenvalue weighted by Gasteiger charge is 2.26. The van der Waals surface area contributed by atoms with Gasteiger partial charge in [-0.05, 0) is 39.4 Å². The number of nitrogens with one attached hydrogen (secondary N) is 1. The van der Waals surface area contributed by atoms with E-state index in [1.165, 1.54) is 0 Å². The second kappa shape index (κ2) is 4.25. The van der Waals surface area contributed by atoms with Gasteiger partial charge in [-0.3, -0.25) is 4.98 Å². The van der Waals surface area contributed by atoms with Gasteiger partial charge in [-0.25, -0.2) is 0 Å². The molecule has 0 aromatic carbocycles. The van der Waals surface area contributed by atoms with E-state index in [2.05, 4.69) is 20.4 Å². The van der Waals surface area contributed by atoms with Gasteiger partial charge in [0.25, 0.3) is 0 Å². The fourth-order valence-corrected chi connectivity index (χ4v) is 1.40. The molecule has 5 nitrogen and oxygen atoms in total. The Labute approximate surface area is 100 Å². The fraction of sp³-hybridized carbons (Fsp3) is 0.417. The molecule has 0 saturated carbocycles. The summed E-state index contributed by atoms with van der Waals surface area (Å²) in [4.78, 5) is 8.65. The van der Waals surface area contributed by atoms with Crippen LogP contribution in [-0.4, -0.2) is 22.2 Å². The molecule has 2 aromatic heterocycles. The predicted molar refractivity (Wildman–Crippen MR) is 64.4 cm³/mol. The lowest BCUT2D eigenvalue weighted by Gasteiger charge is -2.17. The molecule has 2 heterocycles. The average Bonchev–Trinajstić information content (AvgIpc) is 2.79. The lowest BCUT2D eigenvalue weighted by atomic mass is 10.1. The van der Waals surface area contributed by atoms with Crippen molar-refractivity contribution in [3.05, 3.63) is 29.8 Å². The van der Waals surface area contributed by atoms with Crippen molar-refractivity contribution < 1.29 is 4.52 Å². The molecule has 0 saturated heterocycles. The minimum Gasteiger partial charge on any atom is -0.337 e. The highest BCUT2D eigenvalue weighted by molar-refractivity contribution is 5.53. The third kappa shape index (κ3) is 2.19. The van der Waals surface area contributed by atoms with Crippen LogP contribution < -0.4 is 5.32 Å². The SMILES string of the molecule is CNC(C)(C)c1nc(-c2ncccc2C)no1. The number of rotatable bonds is 3. The zero-order valence-corrected chi connectivity index (χ0v) is 10.5. The Bertz CT molecular complexity index is 519. The van der Waals surface area contributed by atoms with Crippen molar-refractivity contribution in [2.75, 3.05) is 7.05 Å². The zero-order valence-electron chi connectivity index (χ0n) is 10.5. The number of hydrogen-bond acceptors (Lipinski definition) is 5. The third-order valence-electron chi connectivity index (χ3n) is 2.81. The van der Waals surface area contributed by atoms with Crippen molar-refractivity contribution in [1.82, 2.24) is 20.4 Å². The smallest absolute Gasteiger partial charge is 0.246 e. The Balaban J connectivity index is 2.40. The van der Waals surface area contributed by atoms with Crippen molar-refractivity contribution >= 4 is 0 Å². The molecule has 0 fully saturated rings. The summed E-state index contributed by atoms with van der Waals surface area (Å²) in [6.45, 7) is 5.94. The second-order valence-electron chi connectivity index (χ2n) is 4.47. The molecule has 2 aromatic rings. The first-order valence-corrected chi connectivity index (χ1v) is 5.49. The van der Waals surface area contributed by atoms with Crippen LogP contribution in [0, 0.1) is 6.92 Å². The Hall–Kier alpha value is -1.75. The van der Waals surface area contributed by atoms with Crippen molar-refractivity contribution in [1.29, 1.82) is 0 Å². The first-order valence-electron chi connectivity index (χ1n) is 5.49. The van der Waals surface area contributed by atoms with Gasteiger partial charge < -0.3 is 9.84 Å². The van der Waals surface area contributed by atoms with E-state index in [9.17, 15) is 0 Å². The monoisotopic (exact) mass is 232 g/mol. The van der Waals surface area contributed by atoms with Gasteiger partial charge in [-0.15, -0.1) is 0 Å². The van der Waals surface area contributed by atoms with Crippen molar-refractivity contribution in [3.63, 3.8) is 0 Å².